The Bertz CT molecular complexity index is 272. The van der Waals surface area contributed by atoms with Crippen molar-refractivity contribution in [3.63, 3.8) is 0 Å². The molecule has 2 atom stereocenters. The normalized spacial score (nSPS) is 32.1. The Labute approximate surface area is 111 Å². The molecule has 1 aliphatic carbocycles. The zero-order chi connectivity index (χ0) is 13.0. The summed E-state index contributed by atoms with van der Waals surface area (Å²) in [5, 5.41) is 9.44. The third-order valence-electron chi connectivity index (χ3n) is 4.99. The van der Waals surface area contributed by atoms with E-state index in [1.165, 1.54) is 32.1 Å². The van der Waals surface area contributed by atoms with Gasteiger partial charge in [-0.3, -0.25) is 9.69 Å². The minimum atomic E-state index is -0.570. The molecule has 3 nitrogen and oxygen atoms in total. The van der Waals surface area contributed by atoms with E-state index >= 15 is 0 Å². The first-order valence-electron chi connectivity index (χ1n) is 7.69. The van der Waals surface area contributed by atoms with Crippen LogP contribution in [-0.4, -0.2) is 35.1 Å². The first kappa shape index (κ1) is 13.9. The Morgan fingerprint density at radius 3 is 2.39 bits per heavy atom. The van der Waals surface area contributed by atoms with Crippen LogP contribution in [0.3, 0.4) is 0 Å². The number of hydrogen-bond acceptors (Lipinski definition) is 2. The highest BCUT2D eigenvalue weighted by Crippen LogP contribution is 2.31. The molecule has 0 aromatic heterocycles. The molecule has 2 unspecified atom stereocenters. The fourth-order valence-corrected chi connectivity index (χ4v) is 3.71. The lowest BCUT2D eigenvalue weighted by Crippen LogP contribution is -2.46. The summed E-state index contributed by atoms with van der Waals surface area (Å²) in [5.74, 6) is 0.181. The molecule has 2 rings (SSSR count). The molecule has 0 bridgehead atoms. The number of aliphatic carboxylic acids is 1. The van der Waals surface area contributed by atoms with Crippen molar-refractivity contribution in [1.82, 2.24) is 4.90 Å². The van der Waals surface area contributed by atoms with Gasteiger partial charge in [-0.1, -0.05) is 32.6 Å². The van der Waals surface area contributed by atoms with Gasteiger partial charge in [0.25, 0.3) is 0 Å². The van der Waals surface area contributed by atoms with Gasteiger partial charge < -0.3 is 5.11 Å². The van der Waals surface area contributed by atoms with Crippen LogP contribution in [0.4, 0.5) is 0 Å². The quantitative estimate of drug-likeness (QED) is 0.786. The number of likely N-dealkylation sites (tertiary alicyclic amines) is 1. The van der Waals surface area contributed by atoms with E-state index < -0.39 is 5.97 Å². The van der Waals surface area contributed by atoms with Crippen LogP contribution in [0.5, 0.6) is 0 Å². The van der Waals surface area contributed by atoms with Crippen molar-refractivity contribution >= 4 is 5.97 Å². The van der Waals surface area contributed by atoms with E-state index in [9.17, 15) is 9.90 Å². The third kappa shape index (κ3) is 3.25. The number of nitrogens with zero attached hydrogens (tertiary/aromatic N) is 1. The number of carboxylic acid groups (broad SMARTS) is 1. The molecule has 104 valence electrons. The fraction of sp³-hybridized carbons (Fsp3) is 0.933. The predicted molar refractivity (Wildman–Crippen MR) is 72.6 cm³/mol. The molecule has 1 heterocycles. The maximum absolute atomic E-state index is 11.5. The number of piperidine rings is 1. The van der Waals surface area contributed by atoms with E-state index in [0.29, 0.717) is 6.04 Å². The lowest BCUT2D eigenvalue weighted by atomic mass is 9.88. The molecule has 0 aromatic rings. The van der Waals surface area contributed by atoms with Gasteiger partial charge in [-0.05, 0) is 44.7 Å². The van der Waals surface area contributed by atoms with E-state index in [2.05, 4.69) is 11.8 Å². The predicted octanol–water partition coefficient (Wildman–Crippen LogP) is 3.14. The highest BCUT2D eigenvalue weighted by atomic mass is 16.4. The molecule has 18 heavy (non-hydrogen) atoms. The van der Waals surface area contributed by atoms with Crippen LogP contribution in [0.2, 0.25) is 0 Å². The van der Waals surface area contributed by atoms with E-state index in [-0.39, 0.29) is 5.92 Å². The van der Waals surface area contributed by atoms with Crippen LogP contribution in [0.1, 0.15) is 58.3 Å². The molecule has 0 aromatic carbocycles. The molecule has 1 N–H and O–H groups in total. The van der Waals surface area contributed by atoms with E-state index in [0.717, 1.165) is 38.3 Å². The molecule has 1 aliphatic heterocycles. The number of carboxylic acids is 1. The number of carbonyl (C=O) groups is 1. The zero-order valence-corrected chi connectivity index (χ0v) is 11.6. The number of rotatable bonds is 3. The van der Waals surface area contributed by atoms with Crippen molar-refractivity contribution in [3.8, 4) is 0 Å². The Balaban J connectivity index is 1.97. The van der Waals surface area contributed by atoms with Crippen LogP contribution < -0.4 is 0 Å². The van der Waals surface area contributed by atoms with Crippen LogP contribution in [0.15, 0.2) is 0 Å². The SMILES string of the molecule is CCC1CCN(C2CCCCCC2C(=O)O)CC1. The summed E-state index contributed by atoms with van der Waals surface area (Å²) in [7, 11) is 0. The van der Waals surface area contributed by atoms with Crippen LogP contribution in [0, 0.1) is 11.8 Å². The largest absolute Gasteiger partial charge is 0.481 e. The van der Waals surface area contributed by atoms with Crippen LogP contribution in [-0.2, 0) is 4.79 Å². The van der Waals surface area contributed by atoms with Crippen molar-refractivity contribution < 1.29 is 9.90 Å². The summed E-state index contributed by atoms with van der Waals surface area (Å²) in [6, 6.07) is 0.308. The standard InChI is InChI=1S/C15H27NO2/c1-2-12-8-10-16(11-9-12)14-7-5-3-4-6-13(14)15(17)18/h12-14H,2-11H2,1H3,(H,17,18). The van der Waals surface area contributed by atoms with Gasteiger partial charge in [-0.15, -0.1) is 0 Å². The van der Waals surface area contributed by atoms with E-state index in [1.54, 1.807) is 0 Å². The second-order valence-corrected chi connectivity index (χ2v) is 6.04. The summed E-state index contributed by atoms with van der Waals surface area (Å²) in [4.78, 5) is 13.9. The molecule has 0 spiro atoms. The minimum Gasteiger partial charge on any atom is -0.481 e. The zero-order valence-electron chi connectivity index (χ0n) is 11.6. The Kier molecular flexibility index (Phi) is 5.04. The fourth-order valence-electron chi connectivity index (χ4n) is 3.71. The van der Waals surface area contributed by atoms with Crippen molar-refractivity contribution in [2.75, 3.05) is 13.1 Å². The van der Waals surface area contributed by atoms with Gasteiger partial charge in [0.1, 0.15) is 0 Å². The maximum Gasteiger partial charge on any atom is 0.308 e. The first-order chi connectivity index (χ1) is 8.72. The molecule has 2 aliphatic rings. The van der Waals surface area contributed by atoms with E-state index in [4.69, 9.17) is 0 Å². The van der Waals surface area contributed by atoms with Crippen LogP contribution in [0.25, 0.3) is 0 Å². The molecule has 0 radical (unpaired) electrons. The molecule has 3 heteroatoms. The second kappa shape index (κ2) is 6.55. The van der Waals surface area contributed by atoms with Crippen molar-refractivity contribution in [2.24, 2.45) is 11.8 Å². The highest BCUT2D eigenvalue weighted by molar-refractivity contribution is 5.70. The molecule has 0 amide bonds. The lowest BCUT2D eigenvalue weighted by molar-refractivity contribution is -0.144. The highest BCUT2D eigenvalue weighted by Gasteiger charge is 2.34. The van der Waals surface area contributed by atoms with Gasteiger partial charge in [-0.25, -0.2) is 0 Å². The van der Waals surface area contributed by atoms with E-state index in [1.807, 2.05) is 0 Å². The van der Waals surface area contributed by atoms with Crippen molar-refractivity contribution in [3.05, 3.63) is 0 Å². The summed E-state index contributed by atoms with van der Waals surface area (Å²) in [6.45, 7) is 4.51. The van der Waals surface area contributed by atoms with Crippen LogP contribution >= 0.6 is 0 Å². The van der Waals surface area contributed by atoms with Gasteiger partial charge in [0, 0.05) is 6.04 Å². The summed E-state index contributed by atoms with van der Waals surface area (Å²) in [5.41, 5.74) is 0. The average Bonchev–Trinajstić information content (AvgIpc) is 2.64. The molecular formula is C15H27NO2. The smallest absolute Gasteiger partial charge is 0.308 e. The molecule has 1 saturated carbocycles. The topological polar surface area (TPSA) is 40.5 Å². The van der Waals surface area contributed by atoms with Gasteiger partial charge in [-0.2, -0.15) is 0 Å². The maximum atomic E-state index is 11.5. The van der Waals surface area contributed by atoms with Crippen molar-refractivity contribution in [1.29, 1.82) is 0 Å². The van der Waals surface area contributed by atoms with Gasteiger partial charge >= 0.3 is 5.97 Å². The summed E-state index contributed by atoms with van der Waals surface area (Å²) in [6.07, 6.45) is 9.30. The Morgan fingerprint density at radius 1 is 1.11 bits per heavy atom. The van der Waals surface area contributed by atoms with Gasteiger partial charge in [0.15, 0.2) is 0 Å². The number of hydrogen-bond donors (Lipinski definition) is 1. The Morgan fingerprint density at radius 2 is 1.78 bits per heavy atom. The lowest BCUT2D eigenvalue weighted by Gasteiger charge is -2.39. The minimum absolute atomic E-state index is 0.120. The first-order valence-corrected chi connectivity index (χ1v) is 7.69. The molecule has 2 fully saturated rings. The van der Waals surface area contributed by atoms with Crippen molar-refractivity contribution in [2.45, 2.75) is 64.3 Å². The van der Waals surface area contributed by atoms with Gasteiger partial charge in [0.2, 0.25) is 0 Å². The monoisotopic (exact) mass is 253 g/mol. The summed E-state index contributed by atoms with van der Waals surface area (Å²) >= 11 is 0. The summed E-state index contributed by atoms with van der Waals surface area (Å²) < 4.78 is 0. The molecular weight excluding hydrogens is 226 g/mol. The Hall–Kier alpha value is -0.570. The third-order valence-corrected chi connectivity index (χ3v) is 4.99. The molecule has 1 saturated heterocycles. The second-order valence-electron chi connectivity index (χ2n) is 6.04. The average molecular weight is 253 g/mol. The van der Waals surface area contributed by atoms with Gasteiger partial charge in [0.05, 0.1) is 5.92 Å².